The molecule has 4 aromatic rings. The van der Waals surface area contributed by atoms with Crippen molar-refractivity contribution in [1.82, 2.24) is 9.97 Å². The van der Waals surface area contributed by atoms with Gasteiger partial charge in [-0.1, -0.05) is 103 Å². The van der Waals surface area contributed by atoms with Crippen LogP contribution in [0, 0.1) is 6.92 Å². The fourth-order valence-electron chi connectivity index (χ4n) is 2.79. The maximum absolute atomic E-state index is 4.82. The van der Waals surface area contributed by atoms with Crippen molar-refractivity contribution in [3.8, 4) is 33.9 Å². The van der Waals surface area contributed by atoms with Crippen molar-refractivity contribution in [2.24, 2.45) is 0 Å². The van der Waals surface area contributed by atoms with Crippen molar-refractivity contribution in [1.29, 1.82) is 0 Å². The van der Waals surface area contributed by atoms with Gasteiger partial charge in [-0.2, -0.15) is 0 Å². The first-order valence-electron chi connectivity index (χ1n) is 10.3. The normalized spacial score (nSPS) is 9.39. The van der Waals surface area contributed by atoms with E-state index in [1.54, 1.807) is 12.2 Å². The molecule has 0 radical (unpaired) electrons. The second kappa shape index (κ2) is 12.7. The Labute approximate surface area is 186 Å². The summed E-state index contributed by atoms with van der Waals surface area (Å²) in [5, 5.41) is 0. The van der Waals surface area contributed by atoms with Gasteiger partial charge >= 0.3 is 0 Å². The average molecular weight is 407 g/mol. The maximum Gasteiger partial charge on any atom is 0.160 e. The molecular formula is C29H30N2. The Bertz CT molecular complexity index is 1000. The number of rotatable bonds is 3. The molecule has 0 spiro atoms. The summed E-state index contributed by atoms with van der Waals surface area (Å²) in [5.74, 6) is 0.748. The van der Waals surface area contributed by atoms with E-state index in [2.05, 4.69) is 62.5 Å². The molecule has 0 bridgehead atoms. The Morgan fingerprint density at radius 1 is 0.581 bits per heavy atom. The van der Waals surface area contributed by atoms with Crippen LogP contribution in [0.1, 0.15) is 19.4 Å². The molecule has 0 saturated heterocycles. The number of hydrogen-bond donors (Lipinski definition) is 0. The molecule has 0 saturated carbocycles. The summed E-state index contributed by atoms with van der Waals surface area (Å²) in [6.07, 6.45) is 3.50. The lowest BCUT2D eigenvalue weighted by molar-refractivity contribution is 1.18. The van der Waals surface area contributed by atoms with Crippen LogP contribution in [0.15, 0.2) is 116 Å². The highest BCUT2D eigenvalue weighted by Gasteiger charge is 2.10. The Hall–Kier alpha value is -3.78. The minimum atomic E-state index is 0.748. The summed E-state index contributed by atoms with van der Waals surface area (Å²) in [6.45, 7) is 12.6. The lowest BCUT2D eigenvalue weighted by Gasteiger charge is -2.09. The first kappa shape index (κ1) is 23.5. The van der Waals surface area contributed by atoms with E-state index in [4.69, 9.17) is 9.97 Å². The molecule has 2 heteroatoms. The molecule has 3 aromatic carbocycles. The zero-order chi connectivity index (χ0) is 22.5. The fraction of sp³-hybridized carbons (Fsp3) is 0.103. The highest BCUT2D eigenvalue weighted by Crippen LogP contribution is 2.27. The smallest absolute Gasteiger partial charge is 0.160 e. The van der Waals surface area contributed by atoms with Gasteiger partial charge in [0.15, 0.2) is 5.82 Å². The van der Waals surface area contributed by atoms with E-state index < -0.39 is 0 Å². The molecule has 0 aliphatic rings. The highest BCUT2D eigenvalue weighted by atomic mass is 14.9. The third-order valence-corrected chi connectivity index (χ3v) is 4.18. The van der Waals surface area contributed by atoms with Gasteiger partial charge in [-0.3, -0.25) is 0 Å². The Morgan fingerprint density at radius 2 is 0.968 bits per heavy atom. The number of hydrogen-bond acceptors (Lipinski definition) is 2. The number of nitrogens with zero attached hydrogens (tertiary/aromatic N) is 2. The van der Waals surface area contributed by atoms with E-state index in [0.29, 0.717) is 0 Å². The van der Waals surface area contributed by atoms with Crippen molar-refractivity contribution >= 4 is 0 Å². The van der Waals surface area contributed by atoms with Gasteiger partial charge in [0.05, 0.1) is 11.4 Å². The van der Waals surface area contributed by atoms with Crippen LogP contribution in [-0.4, -0.2) is 9.97 Å². The third-order valence-electron chi connectivity index (χ3n) is 4.18. The minimum absolute atomic E-state index is 0.748. The summed E-state index contributed by atoms with van der Waals surface area (Å²) in [4.78, 5) is 9.62. The van der Waals surface area contributed by atoms with Crippen molar-refractivity contribution in [3.05, 3.63) is 122 Å². The van der Waals surface area contributed by atoms with Crippen molar-refractivity contribution in [3.63, 3.8) is 0 Å². The lowest BCUT2D eigenvalue weighted by atomic mass is 10.1. The van der Waals surface area contributed by atoms with Crippen LogP contribution in [0.3, 0.4) is 0 Å². The molecule has 31 heavy (non-hydrogen) atoms. The molecule has 0 N–H and O–H groups in total. The fourth-order valence-corrected chi connectivity index (χ4v) is 2.79. The van der Waals surface area contributed by atoms with E-state index >= 15 is 0 Å². The molecule has 1 heterocycles. The van der Waals surface area contributed by atoms with Crippen LogP contribution >= 0.6 is 0 Å². The summed E-state index contributed by atoms with van der Waals surface area (Å²) in [5.41, 5.74) is 6.33. The second-order valence-corrected chi connectivity index (χ2v) is 6.88. The highest BCUT2D eigenvalue weighted by molar-refractivity contribution is 5.71. The van der Waals surface area contributed by atoms with Crippen molar-refractivity contribution in [2.75, 3.05) is 0 Å². The Morgan fingerprint density at radius 3 is 1.42 bits per heavy atom. The zero-order valence-electron chi connectivity index (χ0n) is 18.6. The molecule has 0 aliphatic carbocycles. The van der Waals surface area contributed by atoms with Gasteiger partial charge in [-0.25, -0.2) is 9.97 Å². The molecule has 0 unspecified atom stereocenters. The topological polar surface area (TPSA) is 25.8 Å². The van der Waals surface area contributed by atoms with Crippen LogP contribution in [0.25, 0.3) is 33.9 Å². The zero-order valence-corrected chi connectivity index (χ0v) is 18.6. The van der Waals surface area contributed by atoms with Gasteiger partial charge in [-0.05, 0) is 26.8 Å². The summed E-state index contributed by atoms with van der Waals surface area (Å²) >= 11 is 0. The first-order chi connectivity index (χ1) is 15.1. The largest absolute Gasteiger partial charge is 0.228 e. The SMILES string of the molecule is C=CC.C=CC.Cc1ccc(-c2cc(-c3ccccc3)nc(-c3ccccc3)n2)cc1. The van der Waals surface area contributed by atoms with Crippen LogP contribution in [-0.2, 0) is 0 Å². The third kappa shape index (κ3) is 7.20. The maximum atomic E-state index is 4.82. The number of aryl methyl sites for hydroxylation is 1. The molecule has 0 amide bonds. The molecule has 1 aromatic heterocycles. The standard InChI is InChI=1S/C23H18N2.2C3H6/c1-17-12-14-19(15-13-17)22-16-21(18-8-4-2-5-9-18)24-23(25-22)20-10-6-3-7-11-20;2*1-3-2/h2-16H,1H3;2*3H,1H2,2H3. The van der Waals surface area contributed by atoms with Crippen LogP contribution in [0.4, 0.5) is 0 Å². The minimum Gasteiger partial charge on any atom is -0.228 e. The van der Waals surface area contributed by atoms with Gasteiger partial charge in [0.25, 0.3) is 0 Å². The molecule has 0 fully saturated rings. The van der Waals surface area contributed by atoms with E-state index in [0.717, 1.165) is 33.9 Å². The molecule has 4 rings (SSSR count). The van der Waals surface area contributed by atoms with E-state index in [-0.39, 0.29) is 0 Å². The van der Waals surface area contributed by atoms with E-state index in [1.807, 2.05) is 62.4 Å². The first-order valence-corrected chi connectivity index (χ1v) is 10.3. The Kier molecular flexibility index (Phi) is 9.64. The Balaban J connectivity index is 0.000000513. The molecular weight excluding hydrogens is 376 g/mol. The number of aromatic nitrogens is 2. The molecule has 0 aliphatic heterocycles. The van der Waals surface area contributed by atoms with Gasteiger partial charge in [-0.15, -0.1) is 13.2 Å². The lowest BCUT2D eigenvalue weighted by Crippen LogP contribution is -1.95. The summed E-state index contributed by atoms with van der Waals surface area (Å²) in [6, 6.07) is 30.9. The van der Waals surface area contributed by atoms with E-state index in [9.17, 15) is 0 Å². The number of allylic oxidation sites excluding steroid dienone is 2. The second-order valence-electron chi connectivity index (χ2n) is 6.88. The molecule has 2 nitrogen and oxygen atoms in total. The van der Waals surface area contributed by atoms with Crippen LogP contribution < -0.4 is 0 Å². The predicted octanol–water partition coefficient (Wildman–Crippen LogP) is 8.17. The van der Waals surface area contributed by atoms with Gasteiger partial charge in [0.1, 0.15) is 0 Å². The number of benzene rings is 3. The average Bonchev–Trinajstić information content (AvgIpc) is 2.81. The van der Waals surface area contributed by atoms with Gasteiger partial charge in [0, 0.05) is 16.7 Å². The monoisotopic (exact) mass is 406 g/mol. The van der Waals surface area contributed by atoms with Gasteiger partial charge in [0.2, 0.25) is 0 Å². The molecule has 0 atom stereocenters. The predicted molar refractivity (Wildman–Crippen MR) is 135 cm³/mol. The quantitative estimate of drug-likeness (QED) is 0.321. The summed E-state index contributed by atoms with van der Waals surface area (Å²) in [7, 11) is 0. The summed E-state index contributed by atoms with van der Waals surface area (Å²) < 4.78 is 0. The van der Waals surface area contributed by atoms with E-state index in [1.165, 1.54) is 5.56 Å². The molecule has 156 valence electrons. The van der Waals surface area contributed by atoms with Crippen molar-refractivity contribution < 1.29 is 0 Å². The van der Waals surface area contributed by atoms with Gasteiger partial charge < -0.3 is 0 Å². The van der Waals surface area contributed by atoms with Crippen LogP contribution in [0.5, 0.6) is 0 Å². The van der Waals surface area contributed by atoms with Crippen LogP contribution in [0.2, 0.25) is 0 Å². The van der Waals surface area contributed by atoms with Crippen molar-refractivity contribution in [2.45, 2.75) is 20.8 Å².